The van der Waals surface area contributed by atoms with Gasteiger partial charge in [-0.25, -0.2) is 4.79 Å². The van der Waals surface area contributed by atoms with Crippen molar-refractivity contribution in [3.8, 4) is 11.1 Å². The van der Waals surface area contributed by atoms with Crippen LogP contribution in [0.3, 0.4) is 0 Å². The fourth-order valence-electron chi connectivity index (χ4n) is 5.07. The minimum absolute atomic E-state index is 0.261. The van der Waals surface area contributed by atoms with Crippen LogP contribution in [0.4, 0.5) is 4.79 Å². The first-order chi connectivity index (χ1) is 17.3. The zero-order chi connectivity index (χ0) is 25.3. The smallest absolute Gasteiger partial charge is 0.410 e. The maximum atomic E-state index is 12.4. The van der Waals surface area contributed by atoms with E-state index in [1.54, 1.807) is 4.90 Å². The highest BCUT2D eigenvalue weighted by Crippen LogP contribution is 2.33. The van der Waals surface area contributed by atoms with Gasteiger partial charge in [-0.15, -0.1) is 0 Å². The van der Waals surface area contributed by atoms with Crippen molar-refractivity contribution in [1.29, 1.82) is 0 Å². The normalized spacial score (nSPS) is 15.9. The van der Waals surface area contributed by atoms with E-state index in [9.17, 15) is 9.90 Å². The van der Waals surface area contributed by atoms with Crippen LogP contribution in [0.25, 0.3) is 32.9 Å². The summed E-state index contributed by atoms with van der Waals surface area (Å²) in [6, 6.07) is 25.4. The molecule has 1 aromatic heterocycles. The summed E-state index contributed by atoms with van der Waals surface area (Å²) in [5.74, 6) is 0. The fraction of sp³-hybridized carbons (Fsp3) is 0.367. The molecule has 0 aliphatic carbocycles. The molecule has 6 nitrogen and oxygen atoms in total. The highest BCUT2D eigenvalue weighted by atomic mass is 16.6. The molecule has 0 bridgehead atoms. The number of fused-ring (bicyclic) bond motifs is 3. The topological polar surface area (TPSA) is 57.9 Å². The Balaban J connectivity index is 1.30. The quantitative estimate of drug-likeness (QED) is 0.413. The monoisotopic (exact) mass is 485 g/mol. The third-order valence-electron chi connectivity index (χ3n) is 6.77. The Hall–Kier alpha value is -3.35. The average molecular weight is 486 g/mol. The fourth-order valence-corrected chi connectivity index (χ4v) is 5.07. The van der Waals surface area contributed by atoms with E-state index < -0.39 is 11.7 Å². The van der Waals surface area contributed by atoms with Gasteiger partial charge in [0.15, 0.2) is 0 Å². The third kappa shape index (κ3) is 5.25. The molecule has 1 aliphatic rings. The van der Waals surface area contributed by atoms with E-state index in [4.69, 9.17) is 4.74 Å². The van der Waals surface area contributed by atoms with Gasteiger partial charge < -0.3 is 19.3 Å². The SMILES string of the molecule is CC(C)(C)OC(=O)N1CCN(CC(O)Cn2c3ccccc3c3cc(-c4ccccc4)ccc32)CC1. The Morgan fingerprint density at radius 1 is 0.833 bits per heavy atom. The lowest BCUT2D eigenvalue weighted by Gasteiger charge is -2.36. The Bertz CT molecular complexity index is 1350. The van der Waals surface area contributed by atoms with E-state index >= 15 is 0 Å². The van der Waals surface area contributed by atoms with Gasteiger partial charge in [0, 0.05) is 54.5 Å². The predicted octanol–water partition coefficient (Wildman–Crippen LogP) is 5.38. The molecule has 0 radical (unpaired) electrons. The lowest BCUT2D eigenvalue weighted by molar-refractivity contribution is 0.00950. The number of hydrogen-bond acceptors (Lipinski definition) is 4. The molecular weight excluding hydrogens is 450 g/mol. The molecule has 1 unspecified atom stereocenters. The largest absolute Gasteiger partial charge is 0.444 e. The van der Waals surface area contributed by atoms with Gasteiger partial charge in [-0.3, -0.25) is 4.90 Å². The van der Waals surface area contributed by atoms with Crippen molar-refractivity contribution >= 4 is 27.9 Å². The first-order valence-corrected chi connectivity index (χ1v) is 12.7. The lowest BCUT2D eigenvalue weighted by atomic mass is 10.0. The lowest BCUT2D eigenvalue weighted by Crippen LogP contribution is -2.51. The number of amides is 1. The second-order valence-electron chi connectivity index (χ2n) is 10.6. The zero-order valence-corrected chi connectivity index (χ0v) is 21.4. The molecule has 36 heavy (non-hydrogen) atoms. The number of ether oxygens (including phenoxy) is 1. The number of piperazine rings is 1. The molecule has 3 aromatic carbocycles. The van der Waals surface area contributed by atoms with E-state index in [2.05, 4.69) is 76.2 Å². The van der Waals surface area contributed by atoms with Crippen LogP contribution in [0.15, 0.2) is 72.8 Å². The van der Waals surface area contributed by atoms with Gasteiger partial charge in [-0.2, -0.15) is 0 Å². The van der Waals surface area contributed by atoms with Gasteiger partial charge in [-0.1, -0.05) is 54.6 Å². The van der Waals surface area contributed by atoms with Crippen LogP contribution < -0.4 is 0 Å². The van der Waals surface area contributed by atoms with E-state index in [0.29, 0.717) is 26.2 Å². The predicted molar refractivity (Wildman–Crippen MR) is 145 cm³/mol. The van der Waals surface area contributed by atoms with Gasteiger partial charge in [0.2, 0.25) is 0 Å². The molecule has 188 valence electrons. The summed E-state index contributed by atoms with van der Waals surface area (Å²) in [4.78, 5) is 16.3. The third-order valence-corrected chi connectivity index (χ3v) is 6.77. The van der Waals surface area contributed by atoms with Gasteiger partial charge in [-0.05, 0) is 50.1 Å². The van der Waals surface area contributed by atoms with Gasteiger partial charge >= 0.3 is 6.09 Å². The summed E-state index contributed by atoms with van der Waals surface area (Å²) >= 11 is 0. The first-order valence-electron chi connectivity index (χ1n) is 12.7. The molecule has 0 spiro atoms. The minimum Gasteiger partial charge on any atom is -0.444 e. The maximum Gasteiger partial charge on any atom is 0.410 e. The van der Waals surface area contributed by atoms with Crippen molar-refractivity contribution in [2.24, 2.45) is 0 Å². The van der Waals surface area contributed by atoms with Crippen LogP contribution in [0, 0.1) is 0 Å². The summed E-state index contributed by atoms with van der Waals surface area (Å²) in [5.41, 5.74) is 4.15. The number of benzene rings is 3. The van der Waals surface area contributed by atoms with Crippen LogP contribution in [0.5, 0.6) is 0 Å². The summed E-state index contributed by atoms with van der Waals surface area (Å²) < 4.78 is 7.73. The zero-order valence-electron chi connectivity index (χ0n) is 21.4. The van der Waals surface area contributed by atoms with Crippen LogP contribution in [-0.4, -0.2) is 70.0 Å². The Morgan fingerprint density at radius 3 is 2.22 bits per heavy atom. The van der Waals surface area contributed by atoms with Gasteiger partial charge in [0.1, 0.15) is 5.60 Å². The standard InChI is InChI=1S/C30H35N3O3/c1-30(2,3)36-29(35)32-17-15-31(16-18-32)20-24(34)21-33-27-12-8-7-11-25(27)26-19-23(13-14-28(26)33)22-9-5-4-6-10-22/h4-14,19,24,34H,15-18,20-21H2,1-3H3. The summed E-state index contributed by atoms with van der Waals surface area (Å²) in [6.45, 7) is 9.41. The summed E-state index contributed by atoms with van der Waals surface area (Å²) in [5, 5.41) is 13.5. The molecule has 5 rings (SSSR count). The van der Waals surface area contributed by atoms with Gasteiger partial charge in [0.05, 0.1) is 12.6 Å². The highest BCUT2D eigenvalue weighted by molar-refractivity contribution is 6.09. The average Bonchev–Trinajstić information content (AvgIpc) is 3.17. The highest BCUT2D eigenvalue weighted by Gasteiger charge is 2.27. The molecule has 6 heteroatoms. The van der Waals surface area contributed by atoms with E-state index in [1.807, 2.05) is 26.8 Å². The van der Waals surface area contributed by atoms with E-state index in [0.717, 1.165) is 24.1 Å². The summed E-state index contributed by atoms with van der Waals surface area (Å²) in [7, 11) is 0. The van der Waals surface area contributed by atoms with Crippen LogP contribution in [0.1, 0.15) is 20.8 Å². The number of β-amino-alcohol motifs (C(OH)–C–C–N with tert-alkyl or cyclic N) is 1. The Labute approximate surface area is 212 Å². The number of carbonyl (C=O) groups excluding carboxylic acids is 1. The molecule has 1 amide bonds. The van der Waals surface area contributed by atoms with E-state index in [-0.39, 0.29) is 6.09 Å². The van der Waals surface area contributed by atoms with Crippen molar-refractivity contribution in [1.82, 2.24) is 14.4 Å². The van der Waals surface area contributed by atoms with Crippen LogP contribution >= 0.6 is 0 Å². The molecule has 1 aliphatic heterocycles. The number of carbonyl (C=O) groups is 1. The molecule has 1 atom stereocenters. The molecule has 1 fully saturated rings. The number of aliphatic hydroxyl groups is 1. The van der Waals surface area contributed by atoms with Gasteiger partial charge in [0.25, 0.3) is 0 Å². The van der Waals surface area contributed by atoms with Crippen molar-refractivity contribution < 1.29 is 14.6 Å². The van der Waals surface area contributed by atoms with Crippen LogP contribution in [0.2, 0.25) is 0 Å². The number of hydrogen-bond donors (Lipinski definition) is 1. The molecule has 4 aromatic rings. The molecule has 1 saturated heterocycles. The Kier molecular flexibility index (Phi) is 6.73. The van der Waals surface area contributed by atoms with Crippen molar-refractivity contribution in [2.75, 3.05) is 32.7 Å². The Morgan fingerprint density at radius 2 is 1.50 bits per heavy atom. The number of rotatable bonds is 5. The van der Waals surface area contributed by atoms with E-state index in [1.165, 1.54) is 21.9 Å². The second kappa shape index (κ2) is 9.96. The number of aromatic nitrogens is 1. The van der Waals surface area contributed by atoms with Crippen LogP contribution in [-0.2, 0) is 11.3 Å². The van der Waals surface area contributed by atoms with Crippen molar-refractivity contribution in [3.63, 3.8) is 0 Å². The summed E-state index contributed by atoms with van der Waals surface area (Å²) in [6.07, 6.45) is -0.784. The molecule has 0 saturated carbocycles. The number of para-hydroxylation sites is 1. The number of nitrogens with zero attached hydrogens (tertiary/aromatic N) is 3. The van der Waals surface area contributed by atoms with Crippen molar-refractivity contribution in [2.45, 2.75) is 39.0 Å². The first kappa shape index (κ1) is 24.3. The maximum absolute atomic E-state index is 12.4. The molecular formula is C30H35N3O3. The minimum atomic E-state index is -0.522. The second-order valence-corrected chi connectivity index (χ2v) is 10.6. The molecule has 1 N–H and O–H groups in total. The molecule has 2 heterocycles. The number of aliphatic hydroxyl groups excluding tert-OH is 1. The van der Waals surface area contributed by atoms with Crippen molar-refractivity contribution in [3.05, 3.63) is 72.8 Å².